The van der Waals surface area contributed by atoms with E-state index in [0.29, 0.717) is 11.3 Å². The molecule has 1 aliphatic heterocycles. The fourth-order valence-electron chi connectivity index (χ4n) is 2.66. The zero-order valence-electron chi connectivity index (χ0n) is 13.3. The molecule has 0 aliphatic carbocycles. The van der Waals surface area contributed by atoms with Gasteiger partial charge in [0.05, 0.1) is 11.6 Å². The Kier molecular flexibility index (Phi) is 4.61. The number of carbonyl (C=O) groups excluding carboxylic acids is 2. The summed E-state index contributed by atoms with van der Waals surface area (Å²) >= 11 is 0. The minimum Gasteiger partial charge on any atom is -0.457 e. The third-order valence-corrected chi connectivity index (χ3v) is 3.83. The number of urea groups is 1. The quantitative estimate of drug-likeness (QED) is 0.850. The Morgan fingerprint density at radius 1 is 1.04 bits per heavy atom. The van der Waals surface area contributed by atoms with Gasteiger partial charge >= 0.3 is 12.0 Å². The topological polar surface area (TPSA) is 67.4 Å². The summed E-state index contributed by atoms with van der Waals surface area (Å²) in [5.74, 6) is -0.447. The number of carbonyl (C=O) groups is 2. The van der Waals surface area contributed by atoms with Gasteiger partial charge in [0, 0.05) is 5.70 Å². The summed E-state index contributed by atoms with van der Waals surface area (Å²) in [5.41, 5.74) is 2.66. The molecule has 2 N–H and O–H groups in total. The van der Waals surface area contributed by atoms with Gasteiger partial charge in [-0.25, -0.2) is 9.59 Å². The Labute approximate surface area is 140 Å². The first-order chi connectivity index (χ1) is 11.6. The number of esters is 1. The lowest BCUT2D eigenvalue weighted by molar-refractivity contribution is -0.140. The molecule has 1 heterocycles. The minimum absolute atomic E-state index is 0.186. The molecule has 5 nitrogen and oxygen atoms in total. The molecule has 2 amide bonds. The van der Waals surface area contributed by atoms with E-state index in [2.05, 4.69) is 10.6 Å². The van der Waals surface area contributed by atoms with Crippen molar-refractivity contribution in [2.75, 3.05) is 0 Å². The fraction of sp³-hybridized carbons (Fsp3) is 0.158. The van der Waals surface area contributed by atoms with Crippen LogP contribution >= 0.6 is 0 Å². The third-order valence-electron chi connectivity index (χ3n) is 3.83. The van der Waals surface area contributed by atoms with E-state index in [1.807, 2.05) is 60.7 Å². The van der Waals surface area contributed by atoms with Crippen LogP contribution in [0.3, 0.4) is 0 Å². The Balaban J connectivity index is 1.83. The molecule has 0 spiro atoms. The molecule has 0 aromatic heterocycles. The SMILES string of the molecule is CC1=C(C(=O)OCc2ccccc2)[C@@H](c2ccccc2)NC(=O)N1. The molecular weight excluding hydrogens is 304 g/mol. The van der Waals surface area contributed by atoms with Gasteiger partial charge in [-0.1, -0.05) is 60.7 Å². The molecule has 2 aromatic carbocycles. The van der Waals surface area contributed by atoms with Crippen LogP contribution in [0, 0.1) is 0 Å². The summed E-state index contributed by atoms with van der Waals surface area (Å²) in [5, 5.41) is 5.42. The lowest BCUT2D eigenvalue weighted by Gasteiger charge is -2.28. The van der Waals surface area contributed by atoms with Gasteiger partial charge in [-0.3, -0.25) is 0 Å². The molecule has 2 aromatic rings. The van der Waals surface area contributed by atoms with E-state index in [-0.39, 0.29) is 12.6 Å². The molecule has 3 rings (SSSR count). The van der Waals surface area contributed by atoms with Crippen LogP contribution in [0.1, 0.15) is 24.1 Å². The van der Waals surface area contributed by atoms with Gasteiger partial charge < -0.3 is 15.4 Å². The maximum Gasteiger partial charge on any atom is 0.338 e. The highest BCUT2D eigenvalue weighted by Gasteiger charge is 2.32. The normalized spacial score (nSPS) is 17.0. The lowest BCUT2D eigenvalue weighted by Crippen LogP contribution is -2.45. The molecule has 5 heteroatoms. The largest absolute Gasteiger partial charge is 0.457 e. The number of hydrogen-bond acceptors (Lipinski definition) is 3. The third kappa shape index (κ3) is 3.46. The number of allylic oxidation sites excluding steroid dienone is 1. The molecule has 122 valence electrons. The summed E-state index contributed by atoms with van der Waals surface area (Å²) in [7, 11) is 0. The molecule has 1 atom stereocenters. The second kappa shape index (κ2) is 7.00. The highest BCUT2D eigenvalue weighted by Crippen LogP contribution is 2.27. The molecule has 0 bridgehead atoms. The van der Waals surface area contributed by atoms with Crippen molar-refractivity contribution < 1.29 is 14.3 Å². The lowest BCUT2D eigenvalue weighted by atomic mass is 9.96. The Morgan fingerprint density at radius 2 is 1.67 bits per heavy atom. The molecule has 0 radical (unpaired) electrons. The van der Waals surface area contributed by atoms with E-state index >= 15 is 0 Å². The highest BCUT2D eigenvalue weighted by atomic mass is 16.5. The first-order valence-electron chi connectivity index (χ1n) is 7.69. The van der Waals surface area contributed by atoms with Gasteiger partial charge in [0.1, 0.15) is 6.61 Å². The standard InChI is InChI=1S/C19H18N2O3/c1-13-16(18(22)24-12-14-8-4-2-5-9-14)17(21-19(23)20-13)15-10-6-3-7-11-15/h2-11,17H,12H2,1H3,(H2,20,21,23)/t17-/m1/s1. The van der Waals surface area contributed by atoms with Crippen molar-refractivity contribution in [2.45, 2.75) is 19.6 Å². The van der Waals surface area contributed by atoms with Gasteiger partial charge in [-0.15, -0.1) is 0 Å². The van der Waals surface area contributed by atoms with Gasteiger partial charge in [0.2, 0.25) is 0 Å². The van der Waals surface area contributed by atoms with E-state index in [9.17, 15) is 9.59 Å². The van der Waals surface area contributed by atoms with Crippen LogP contribution in [0.5, 0.6) is 0 Å². The van der Waals surface area contributed by atoms with E-state index in [1.165, 1.54) is 0 Å². The molecule has 0 fully saturated rings. The average molecular weight is 322 g/mol. The first kappa shape index (κ1) is 15.8. The van der Waals surface area contributed by atoms with Crippen molar-refractivity contribution in [3.63, 3.8) is 0 Å². The molecule has 24 heavy (non-hydrogen) atoms. The molecule has 0 saturated heterocycles. The van der Waals surface area contributed by atoms with Crippen molar-refractivity contribution in [2.24, 2.45) is 0 Å². The van der Waals surface area contributed by atoms with Crippen LogP contribution in [-0.2, 0) is 16.1 Å². The zero-order chi connectivity index (χ0) is 16.9. The predicted molar refractivity (Wildman–Crippen MR) is 89.8 cm³/mol. The first-order valence-corrected chi connectivity index (χ1v) is 7.69. The van der Waals surface area contributed by atoms with Crippen LogP contribution in [0.2, 0.25) is 0 Å². The van der Waals surface area contributed by atoms with Crippen molar-refractivity contribution in [1.82, 2.24) is 10.6 Å². The maximum absolute atomic E-state index is 12.6. The summed E-state index contributed by atoms with van der Waals surface area (Å²) < 4.78 is 5.44. The smallest absolute Gasteiger partial charge is 0.338 e. The molecule has 1 aliphatic rings. The predicted octanol–water partition coefficient (Wildman–Crippen LogP) is 3.06. The summed E-state index contributed by atoms with van der Waals surface area (Å²) in [6.45, 7) is 1.89. The maximum atomic E-state index is 12.6. The number of hydrogen-bond donors (Lipinski definition) is 2. The van der Waals surface area contributed by atoms with E-state index in [1.54, 1.807) is 6.92 Å². The zero-order valence-corrected chi connectivity index (χ0v) is 13.3. The number of amides is 2. The highest BCUT2D eigenvalue weighted by molar-refractivity contribution is 5.95. The fourth-order valence-corrected chi connectivity index (χ4v) is 2.66. The van der Waals surface area contributed by atoms with E-state index < -0.39 is 12.0 Å². The van der Waals surface area contributed by atoms with Crippen LogP contribution in [0.25, 0.3) is 0 Å². The second-order valence-electron chi connectivity index (χ2n) is 5.54. The Hall–Kier alpha value is -3.08. The van der Waals surface area contributed by atoms with Crippen molar-refractivity contribution in [3.05, 3.63) is 83.1 Å². The number of benzene rings is 2. The van der Waals surface area contributed by atoms with Gasteiger partial charge in [0.25, 0.3) is 0 Å². The van der Waals surface area contributed by atoms with Crippen LogP contribution < -0.4 is 10.6 Å². The Morgan fingerprint density at radius 3 is 2.33 bits per heavy atom. The van der Waals surface area contributed by atoms with Gasteiger partial charge in [-0.05, 0) is 18.1 Å². The summed E-state index contributed by atoms with van der Waals surface area (Å²) in [4.78, 5) is 24.4. The second-order valence-corrected chi connectivity index (χ2v) is 5.54. The molecule has 0 saturated carbocycles. The van der Waals surface area contributed by atoms with E-state index in [4.69, 9.17) is 4.74 Å². The van der Waals surface area contributed by atoms with Gasteiger partial charge in [0.15, 0.2) is 0 Å². The van der Waals surface area contributed by atoms with Crippen molar-refractivity contribution in [3.8, 4) is 0 Å². The summed E-state index contributed by atoms with van der Waals surface area (Å²) in [6, 6.07) is 18.0. The molecular formula is C19H18N2O3. The monoisotopic (exact) mass is 322 g/mol. The van der Waals surface area contributed by atoms with Crippen LogP contribution in [0.15, 0.2) is 71.9 Å². The van der Waals surface area contributed by atoms with Crippen LogP contribution in [0.4, 0.5) is 4.79 Å². The minimum atomic E-state index is -0.525. The number of nitrogens with one attached hydrogen (secondary N) is 2. The van der Waals surface area contributed by atoms with Crippen molar-refractivity contribution in [1.29, 1.82) is 0 Å². The summed E-state index contributed by atoms with van der Waals surface area (Å²) in [6.07, 6.45) is 0. The van der Waals surface area contributed by atoms with Crippen molar-refractivity contribution >= 4 is 12.0 Å². The van der Waals surface area contributed by atoms with E-state index in [0.717, 1.165) is 11.1 Å². The Bertz CT molecular complexity index is 770. The van der Waals surface area contributed by atoms with Crippen LogP contribution in [-0.4, -0.2) is 12.0 Å². The van der Waals surface area contributed by atoms with Gasteiger partial charge in [-0.2, -0.15) is 0 Å². The number of rotatable bonds is 4. The average Bonchev–Trinajstić information content (AvgIpc) is 2.60. The number of ether oxygens (including phenoxy) is 1. The molecule has 0 unspecified atom stereocenters.